The maximum Gasteiger partial charge on any atom is 0.144 e. The Morgan fingerprint density at radius 1 is 1.06 bits per heavy atom. The normalized spacial score (nSPS) is 42.9. The molecule has 0 saturated carbocycles. The number of aliphatic hydroxyl groups is 1. The number of nitrogens with one attached hydrogen (secondary N) is 1. The molecule has 17 heavy (non-hydrogen) atoms. The Labute approximate surface area is 107 Å². The fourth-order valence-corrected chi connectivity index (χ4v) is 13.7. The van der Waals surface area contributed by atoms with Crippen molar-refractivity contribution in [2.45, 2.75) is 76.6 Å². The highest BCUT2D eigenvalue weighted by Crippen LogP contribution is 3.09. The molecule has 0 bridgehead atoms. The lowest BCUT2D eigenvalue weighted by molar-refractivity contribution is 0.0672. The first-order valence-corrected chi connectivity index (χ1v) is 8.81. The van der Waals surface area contributed by atoms with Crippen molar-refractivity contribution in [1.29, 1.82) is 0 Å². The molecule has 2 rings (SSSR count). The fourth-order valence-electron chi connectivity index (χ4n) is 4.86. The summed E-state index contributed by atoms with van der Waals surface area (Å²) in [6.07, 6.45) is -0.249. The molecule has 2 nitrogen and oxygen atoms in total. The van der Waals surface area contributed by atoms with Crippen molar-refractivity contribution in [3.63, 3.8) is 0 Å². The van der Waals surface area contributed by atoms with Crippen molar-refractivity contribution >= 4 is 8.24 Å². The first-order chi connectivity index (χ1) is 7.38. The van der Waals surface area contributed by atoms with Gasteiger partial charge in [-0.15, -0.1) is 0 Å². The lowest BCUT2D eigenvalue weighted by Gasteiger charge is -2.34. The van der Waals surface area contributed by atoms with E-state index < -0.39 is 8.24 Å². The van der Waals surface area contributed by atoms with E-state index >= 15 is 0 Å². The van der Waals surface area contributed by atoms with Crippen molar-refractivity contribution in [2.24, 2.45) is 5.41 Å². The van der Waals surface area contributed by atoms with E-state index in [0.29, 0.717) is 15.1 Å². The average molecular weight is 255 g/mol. The van der Waals surface area contributed by atoms with Crippen LogP contribution in [0.2, 0.25) is 15.1 Å². The molecule has 3 heteroatoms. The molecule has 0 aromatic carbocycles. The van der Waals surface area contributed by atoms with Crippen LogP contribution < -0.4 is 4.98 Å². The molecule has 2 N–H and O–H groups in total. The molecule has 1 atom stereocenters. The predicted octanol–water partition coefficient (Wildman–Crippen LogP) is 3.28. The minimum atomic E-state index is -1.37. The Balaban J connectivity index is 2.03. The highest BCUT2D eigenvalue weighted by molar-refractivity contribution is 7.09. The zero-order valence-corrected chi connectivity index (χ0v) is 13.7. The van der Waals surface area contributed by atoms with Gasteiger partial charge < -0.3 is 10.1 Å². The van der Waals surface area contributed by atoms with Crippen molar-refractivity contribution in [1.82, 2.24) is 4.98 Å². The van der Waals surface area contributed by atoms with Crippen molar-refractivity contribution in [2.75, 3.05) is 6.54 Å². The monoisotopic (exact) mass is 255 g/mol. The summed E-state index contributed by atoms with van der Waals surface area (Å²) in [5.74, 6) is 0. The summed E-state index contributed by atoms with van der Waals surface area (Å²) < 4.78 is 0. The number of fused-ring (bicyclic) bond motifs is 1. The maximum absolute atomic E-state index is 10.2. The van der Waals surface area contributed by atoms with E-state index in [2.05, 4.69) is 60.4 Å². The molecule has 100 valence electrons. The molecule has 0 aromatic heterocycles. The minimum absolute atomic E-state index is 0.0213. The minimum Gasteiger partial charge on any atom is -0.391 e. The molecule has 0 spiro atoms. The van der Waals surface area contributed by atoms with Gasteiger partial charge in [-0.05, 0) is 20.5 Å². The molecule has 0 radical (unpaired) electrons. The van der Waals surface area contributed by atoms with Crippen LogP contribution in [0.3, 0.4) is 0 Å². The van der Waals surface area contributed by atoms with Crippen LogP contribution >= 0.6 is 0 Å². The van der Waals surface area contributed by atoms with Gasteiger partial charge in [0.15, 0.2) is 0 Å². The Hall–Kier alpha value is 0.137. The Kier molecular flexibility index (Phi) is 2.39. The third-order valence-electron chi connectivity index (χ3n) is 6.56. The summed E-state index contributed by atoms with van der Waals surface area (Å²) in [6.45, 7) is 19.1. The van der Waals surface area contributed by atoms with Crippen LogP contribution in [-0.4, -0.2) is 26.0 Å². The van der Waals surface area contributed by atoms with Crippen LogP contribution in [0.4, 0.5) is 0 Å². The second kappa shape index (κ2) is 2.99. The van der Waals surface area contributed by atoms with Crippen molar-refractivity contribution < 1.29 is 5.11 Å². The molecule has 0 aromatic rings. The summed E-state index contributed by atoms with van der Waals surface area (Å²) in [5.41, 5.74) is -0.0213. The molecule has 2 aliphatic heterocycles. The zero-order valence-electron chi connectivity index (χ0n) is 12.7. The quantitative estimate of drug-likeness (QED) is 0.759. The highest BCUT2D eigenvalue weighted by Gasteiger charge is 3.05. The lowest BCUT2D eigenvalue weighted by Crippen LogP contribution is -2.46. The molecule has 0 aliphatic carbocycles. The number of aliphatic hydroxyl groups excluding tert-OH is 1. The van der Waals surface area contributed by atoms with Gasteiger partial charge in [-0.2, -0.15) is 0 Å². The van der Waals surface area contributed by atoms with Gasteiger partial charge in [0.05, 0.1) is 6.10 Å². The summed E-state index contributed by atoms with van der Waals surface area (Å²) in [4.78, 5) is 3.82. The summed E-state index contributed by atoms with van der Waals surface area (Å²) in [5, 5.41) is 11.7. The second-order valence-electron chi connectivity index (χ2n) is 8.39. The van der Waals surface area contributed by atoms with Gasteiger partial charge in [0.1, 0.15) is 8.24 Å². The van der Waals surface area contributed by atoms with E-state index in [0.717, 1.165) is 6.54 Å². The molecular formula is C14H29NOSi. The van der Waals surface area contributed by atoms with Gasteiger partial charge >= 0.3 is 0 Å². The van der Waals surface area contributed by atoms with Gasteiger partial charge in [0, 0.05) is 6.54 Å². The first-order valence-electron chi connectivity index (χ1n) is 6.81. The Bertz CT molecular complexity index is 338. The average Bonchev–Trinajstić information content (AvgIpc) is 2.74. The van der Waals surface area contributed by atoms with E-state index in [9.17, 15) is 5.11 Å². The van der Waals surface area contributed by atoms with Gasteiger partial charge in [0.2, 0.25) is 0 Å². The van der Waals surface area contributed by atoms with Gasteiger partial charge in [-0.3, -0.25) is 0 Å². The Morgan fingerprint density at radius 3 is 1.71 bits per heavy atom. The third kappa shape index (κ3) is 1.14. The molecule has 1 unspecified atom stereocenters. The zero-order chi connectivity index (χ0) is 13.5. The predicted molar refractivity (Wildman–Crippen MR) is 75.7 cm³/mol. The van der Waals surface area contributed by atoms with Crippen LogP contribution in [-0.2, 0) is 0 Å². The van der Waals surface area contributed by atoms with Crippen LogP contribution in [0.15, 0.2) is 0 Å². The smallest absolute Gasteiger partial charge is 0.144 e. The first kappa shape index (κ1) is 13.6. The molecule has 0 amide bonds. The topological polar surface area (TPSA) is 32.3 Å². The number of hydrogen-bond donors (Lipinski definition) is 2. The number of hydrogen-bond acceptors (Lipinski definition) is 2. The Morgan fingerprint density at radius 2 is 1.47 bits per heavy atom. The van der Waals surface area contributed by atoms with Gasteiger partial charge in [-0.25, -0.2) is 0 Å². The number of rotatable bonds is 3. The van der Waals surface area contributed by atoms with Crippen LogP contribution in [0.5, 0.6) is 0 Å². The van der Waals surface area contributed by atoms with Crippen LogP contribution in [0, 0.1) is 5.41 Å². The molecular weight excluding hydrogens is 226 g/mol. The van der Waals surface area contributed by atoms with Gasteiger partial charge in [0.25, 0.3) is 0 Å². The summed E-state index contributed by atoms with van der Waals surface area (Å²) in [6, 6.07) is 0. The summed E-state index contributed by atoms with van der Waals surface area (Å²) in [7, 11) is -1.37. The van der Waals surface area contributed by atoms with Crippen LogP contribution in [0.25, 0.3) is 0 Å². The second-order valence-corrected chi connectivity index (χ2v) is 13.7. The van der Waals surface area contributed by atoms with E-state index in [1.54, 1.807) is 0 Å². The summed E-state index contributed by atoms with van der Waals surface area (Å²) >= 11 is 0. The highest BCUT2D eigenvalue weighted by atomic mass is 28.4. The van der Waals surface area contributed by atoms with E-state index in [4.69, 9.17) is 0 Å². The lowest BCUT2D eigenvalue weighted by atomic mass is 9.87. The largest absolute Gasteiger partial charge is 0.391 e. The van der Waals surface area contributed by atoms with Crippen molar-refractivity contribution in [3.8, 4) is 0 Å². The SMILES string of the molecule is CC(C)(C)C(O)CN[Si]12C(C)(C)C1(C)C2(C)C. The molecule has 2 saturated heterocycles. The van der Waals surface area contributed by atoms with Crippen LogP contribution in [0.1, 0.15) is 55.4 Å². The fraction of sp³-hybridized carbons (Fsp3) is 1.00. The molecule has 2 aliphatic rings. The molecule has 2 heterocycles. The van der Waals surface area contributed by atoms with E-state index in [1.165, 1.54) is 0 Å². The van der Waals surface area contributed by atoms with Crippen molar-refractivity contribution in [3.05, 3.63) is 0 Å². The van der Waals surface area contributed by atoms with Gasteiger partial charge in [-0.1, -0.05) is 55.4 Å². The maximum atomic E-state index is 10.2. The third-order valence-corrected chi connectivity index (χ3v) is 14.3. The standard InChI is InChI=1S/C14H29NOSi/c1-11(2,3)10(16)9-15-17-12(4,5)14(17,8)13(17,6)7/h10,15-16H,9H2,1-8H3. The molecule has 2 fully saturated rings. The van der Waals surface area contributed by atoms with E-state index in [-0.39, 0.29) is 11.5 Å². The van der Waals surface area contributed by atoms with E-state index in [1.807, 2.05) is 0 Å².